The molecular weight excluding hydrogens is 210 g/mol. The van der Waals surface area contributed by atoms with Crippen molar-refractivity contribution in [3.8, 4) is 0 Å². The molecule has 0 bridgehead atoms. The van der Waals surface area contributed by atoms with Gasteiger partial charge in [-0.1, -0.05) is 0 Å². The molecule has 0 unspecified atom stereocenters. The maximum Gasteiger partial charge on any atom is 0.0448 e. The smallest absolute Gasteiger partial charge is 0.0448 e. The maximum atomic E-state index is 6.00. The molecule has 0 amide bonds. The highest BCUT2D eigenvalue weighted by atomic mass is 15.1. The molecule has 3 rings (SSSR count). The number of nitrogens with zero attached hydrogens (tertiary/aromatic N) is 2. The Morgan fingerprint density at radius 2 is 1.82 bits per heavy atom. The summed E-state index contributed by atoms with van der Waals surface area (Å²) >= 11 is 0. The lowest BCUT2D eigenvalue weighted by Gasteiger charge is -2.30. The molecule has 0 saturated carbocycles. The first-order chi connectivity index (χ1) is 8.36. The van der Waals surface area contributed by atoms with Gasteiger partial charge < -0.3 is 10.6 Å². The van der Waals surface area contributed by atoms with E-state index >= 15 is 0 Å². The van der Waals surface area contributed by atoms with Crippen LogP contribution < -0.4 is 10.6 Å². The Bertz CT molecular complexity index is 530. The van der Waals surface area contributed by atoms with E-state index in [1.165, 1.54) is 30.3 Å². The van der Waals surface area contributed by atoms with Gasteiger partial charge in [0.1, 0.15) is 0 Å². The summed E-state index contributed by atoms with van der Waals surface area (Å²) < 4.78 is 0. The highest BCUT2D eigenvalue weighted by Crippen LogP contribution is 2.31. The summed E-state index contributed by atoms with van der Waals surface area (Å²) in [7, 11) is 0. The minimum atomic E-state index is 0.814. The van der Waals surface area contributed by atoms with Gasteiger partial charge in [-0.15, -0.1) is 0 Å². The predicted octanol–water partition coefficient (Wildman–Crippen LogP) is 2.81. The van der Waals surface area contributed by atoms with Gasteiger partial charge in [0.2, 0.25) is 0 Å². The average molecular weight is 227 g/mol. The number of piperidine rings is 1. The summed E-state index contributed by atoms with van der Waals surface area (Å²) in [5, 5.41) is 2.29. The minimum absolute atomic E-state index is 0.814. The fourth-order valence-electron chi connectivity index (χ4n) is 2.61. The average Bonchev–Trinajstić information content (AvgIpc) is 2.41. The number of nitrogen functional groups attached to an aromatic ring is 1. The molecule has 1 aliphatic rings. The standard InChI is InChI=1S/C14H17N3/c15-13-4-5-14(17-8-2-1-3-9-17)11-6-7-16-10-12(11)13/h4-7,10H,1-3,8-9,15H2. The number of anilines is 2. The van der Waals surface area contributed by atoms with Crippen LogP contribution in [0.4, 0.5) is 11.4 Å². The largest absolute Gasteiger partial charge is 0.398 e. The summed E-state index contributed by atoms with van der Waals surface area (Å²) in [6.45, 7) is 2.31. The Balaban J connectivity index is 2.12. The quantitative estimate of drug-likeness (QED) is 0.762. The molecule has 88 valence electrons. The lowest BCUT2D eigenvalue weighted by molar-refractivity contribution is 0.579. The SMILES string of the molecule is Nc1ccc(N2CCCCC2)c2ccncc12. The molecular formula is C14H17N3. The van der Waals surface area contributed by atoms with E-state index in [0.717, 1.165) is 24.2 Å². The normalized spacial score (nSPS) is 16.4. The molecule has 17 heavy (non-hydrogen) atoms. The molecule has 0 aliphatic carbocycles. The third-order valence-electron chi connectivity index (χ3n) is 3.53. The van der Waals surface area contributed by atoms with Crippen LogP contribution in [0.25, 0.3) is 10.8 Å². The van der Waals surface area contributed by atoms with Gasteiger partial charge in [0.25, 0.3) is 0 Å². The van der Waals surface area contributed by atoms with Crippen molar-refractivity contribution in [3.63, 3.8) is 0 Å². The van der Waals surface area contributed by atoms with Gasteiger partial charge >= 0.3 is 0 Å². The number of nitrogens with two attached hydrogens (primary N) is 1. The fourth-order valence-corrected chi connectivity index (χ4v) is 2.61. The first kappa shape index (κ1) is 10.4. The zero-order valence-electron chi connectivity index (χ0n) is 9.89. The van der Waals surface area contributed by atoms with Gasteiger partial charge in [-0.2, -0.15) is 0 Å². The summed E-state index contributed by atoms with van der Waals surface area (Å²) in [5.74, 6) is 0. The molecule has 1 aromatic carbocycles. The second-order valence-electron chi connectivity index (χ2n) is 4.64. The van der Waals surface area contributed by atoms with Gasteiger partial charge in [0.05, 0.1) is 0 Å². The van der Waals surface area contributed by atoms with E-state index in [1.807, 2.05) is 18.5 Å². The highest BCUT2D eigenvalue weighted by Gasteiger charge is 2.14. The zero-order chi connectivity index (χ0) is 11.7. The highest BCUT2D eigenvalue weighted by molar-refractivity contribution is 6.00. The zero-order valence-corrected chi connectivity index (χ0v) is 9.89. The summed E-state index contributed by atoms with van der Waals surface area (Å²) in [6.07, 6.45) is 7.63. The molecule has 1 fully saturated rings. The maximum absolute atomic E-state index is 6.00. The summed E-state index contributed by atoms with van der Waals surface area (Å²) in [6, 6.07) is 6.20. The van der Waals surface area contributed by atoms with E-state index in [1.54, 1.807) is 0 Å². The molecule has 2 N–H and O–H groups in total. The van der Waals surface area contributed by atoms with Crippen molar-refractivity contribution >= 4 is 22.1 Å². The van der Waals surface area contributed by atoms with Crippen LogP contribution in [0.15, 0.2) is 30.6 Å². The van der Waals surface area contributed by atoms with Crippen LogP contribution in [0.3, 0.4) is 0 Å². The first-order valence-electron chi connectivity index (χ1n) is 6.23. The molecule has 2 aromatic rings. The van der Waals surface area contributed by atoms with Crippen molar-refractivity contribution in [2.24, 2.45) is 0 Å². The van der Waals surface area contributed by atoms with E-state index in [-0.39, 0.29) is 0 Å². The van der Waals surface area contributed by atoms with Gasteiger partial charge in [0.15, 0.2) is 0 Å². The molecule has 0 atom stereocenters. The Hall–Kier alpha value is -1.77. The molecule has 0 radical (unpaired) electrons. The van der Waals surface area contributed by atoms with Gasteiger partial charge in [-0.05, 0) is 37.5 Å². The van der Waals surface area contributed by atoms with Crippen LogP contribution in [-0.2, 0) is 0 Å². The van der Waals surface area contributed by atoms with Crippen LogP contribution in [-0.4, -0.2) is 18.1 Å². The number of fused-ring (bicyclic) bond motifs is 1. The second kappa shape index (κ2) is 4.24. The number of hydrogen-bond donors (Lipinski definition) is 1. The number of benzene rings is 1. The molecule has 1 saturated heterocycles. The Kier molecular flexibility index (Phi) is 2.59. The topological polar surface area (TPSA) is 42.1 Å². The van der Waals surface area contributed by atoms with Crippen LogP contribution in [0.2, 0.25) is 0 Å². The molecule has 3 nitrogen and oxygen atoms in total. The predicted molar refractivity (Wildman–Crippen MR) is 72.2 cm³/mol. The Morgan fingerprint density at radius 3 is 2.65 bits per heavy atom. The minimum Gasteiger partial charge on any atom is -0.398 e. The van der Waals surface area contributed by atoms with Crippen LogP contribution >= 0.6 is 0 Å². The van der Waals surface area contributed by atoms with Crippen molar-refractivity contribution < 1.29 is 0 Å². The monoisotopic (exact) mass is 227 g/mol. The number of pyridine rings is 1. The van der Waals surface area contributed by atoms with E-state index in [0.29, 0.717) is 0 Å². The first-order valence-corrected chi connectivity index (χ1v) is 6.23. The molecule has 0 spiro atoms. The molecule has 1 aliphatic heterocycles. The van der Waals surface area contributed by atoms with E-state index < -0.39 is 0 Å². The van der Waals surface area contributed by atoms with Gasteiger partial charge in [-0.3, -0.25) is 4.98 Å². The number of aromatic nitrogens is 1. The van der Waals surface area contributed by atoms with E-state index in [2.05, 4.69) is 22.0 Å². The van der Waals surface area contributed by atoms with Gasteiger partial charge in [-0.25, -0.2) is 0 Å². The van der Waals surface area contributed by atoms with Crippen LogP contribution in [0.5, 0.6) is 0 Å². The molecule has 2 heterocycles. The van der Waals surface area contributed by atoms with E-state index in [9.17, 15) is 0 Å². The third kappa shape index (κ3) is 1.82. The lowest BCUT2D eigenvalue weighted by atomic mass is 10.1. The van der Waals surface area contributed by atoms with Crippen LogP contribution in [0.1, 0.15) is 19.3 Å². The Labute approximate surface area is 101 Å². The van der Waals surface area contributed by atoms with Crippen molar-refractivity contribution in [2.75, 3.05) is 23.7 Å². The van der Waals surface area contributed by atoms with Crippen molar-refractivity contribution in [3.05, 3.63) is 30.6 Å². The lowest BCUT2D eigenvalue weighted by Crippen LogP contribution is -2.29. The second-order valence-corrected chi connectivity index (χ2v) is 4.64. The van der Waals surface area contributed by atoms with Gasteiger partial charge in [0, 0.05) is 47.6 Å². The Morgan fingerprint density at radius 1 is 1.00 bits per heavy atom. The summed E-state index contributed by atoms with van der Waals surface area (Å²) in [4.78, 5) is 6.62. The van der Waals surface area contributed by atoms with Crippen molar-refractivity contribution in [1.82, 2.24) is 4.98 Å². The van der Waals surface area contributed by atoms with Crippen molar-refractivity contribution in [1.29, 1.82) is 0 Å². The summed E-state index contributed by atoms with van der Waals surface area (Å²) in [5.41, 5.74) is 8.11. The third-order valence-corrected chi connectivity index (χ3v) is 3.53. The number of hydrogen-bond acceptors (Lipinski definition) is 3. The molecule has 1 aromatic heterocycles. The molecule has 3 heteroatoms. The fraction of sp³-hybridized carbons (Fsp3) is 0.357. The number of rotatable bonds is 1. The van der Waals surface area contributed by atoms with Crippen molar-refractivity contribution in [2.45, 2.75) is 19.3 Å². The van der Waals surface area contributed by atoms with E-state index in [4.69, 9.17) is 5.73 Å². The van der Waals surface area contributed by atoms with Crippen LogP contribution in [0, 0.1) is 0 Å².